The number of carbonyl (C=O) groups excluding carboxylic acids is 1. The first-order valence-electron chi connectivity index (χ1n) is 6.15. The molecule has 1 atom stereocenters. The van der Waals surface area contributed by atoms with Crippen molar-refractivity contribution in [1.29, 1.82) is 0 Å². The lowest BCUT2D eigenvalue weighted by molar-refractivity contribution is -0.150. The van der Waals surface area contributed by atoms with E-state index in [1.165, 1.54) is 0 Å². The summed E-state index contributed by atoms with van der Waals surface area (Å²) in [6.45, 7) is 4.73. The first-order chi connectivity index (χ1) is 9.20. The number of halogens is 1. The maximum atomic E-state index is 13.9. The zero-order valence-corrected chi connectivity index (χ0v) is 11.7. The number of ether oxygens (including phenoxy) is 1. The lowest BCUT2D eigenvalue weighted by atomic mass is 10.1. The number of carboxylic acids is 1. The van der Waals surface area contributed by atoms with Crippen molar-refractivity contribution in [2.24, 2.45) is 0 Å². The number of hydrogen-bond donors (Lipinski definition) is 1. The third-order valence-electron chi connectivity index (χ3n) is 2.40. The van der Waals surface area contributed by atoms with Crippen LogP contribution in [0.25, 0.3) is 0 Å². The van der Waals surface area contributed by atoms with E-state index in [1.807, 2.05) is 0 Å². The van der Waals surface area contributed by atoms with Crippen LogP contribution in [0.2, 0.25) is 0 Å². The van der Waals surface area contributed by atoms with E-state index < -0.39 is 23.7 Å². The van der Waals surface area contributed by atoms with E-state index in [-0.39, 0.29) is 11.5 Å². The van der Waals surface area contributed by atoms with Crippen LogP contribution in [0.3, 0.4) is 0 Å². The number of nitrogens with zero attached hydrogens (tertiary/aromatic N) is 1. The van der Waals surface area contributed by atoms with Gasteiger partial charge >= 0.3 is 12.1 Å². The summed E-state index contributed by atoms with van der Waals surface area (Å²) in [5, 5.41) is 8.69. The van der Waals surface area contributed by atoms with Gasteiger partial charge in [-0.1, -0.05) is 34.8 Å². The third kappa shape index (κ3) is 4.87. The first-order valence-corrected chi connectivity index (χ1v) is 6.15. The van der Waals surface area contributed by atoms with Gasteiger partial charge in [0.2, 0.25) is 0 Å². The van der Waals surface area contributed by atoms with Crippen molar-refractivity contribution in [2.75, 3.05) is 0 Å². The molecule has 0 spiro atoms. The zero-order valence-electron chi connectivity index (χ0n) is 11.7. The summed E-state index contributed by atoms with van der Waals surface area (Å²) in [6, 6.07) is 6.90. The molecule has 5 nitrogen and oxygen atoms in total. The number of hydrogen-bond acceptors (Lipinski definition) is 3. The topological polar surface area (TPSA) is 66.8 Å². The van der Waals surface area contributed by atoms with Gasteiger partial charge in [-0.2, -0.15) is 0 Å². The first kappa shape index (κ1) is 15.9. The third-order valence-corrected chi connectivity index (χ3v) is 2.40. The Labute approximate surface area is 116 Å². The van der Waals surface area contributed by atoms with Gasteiger partial charge in [-0.3, -0.25) is 0 Å². The predicted octanol–water partition coefficient (Wildman–Crippen LogP) is 2.80. The Kier molecular flexibility index (Phi) is 5.07. The summed E-state index contributed by atoms with van der Waals surface area (Å²) in [5.74, 6) is -1.43. The molecule has 0 aromatic heterocycles. The number of rotatable bonds is 4. The zero-order chi connectivity index (χ0) is 15.3. The van der Waals surface area contributed by atoms with Gasteiger partial charge in [0.05, 0.1) is 0 Å². The van der Waals surface area contributed by atoms with Crippen LogP contribution < -0.4 is 0 Å². The van der Waals surface area contributed by atoms with Gasteiger partial charge in [0.15, 0.2) is 6.04 Å². The van der Waals surface area contributed by atoms with Crippen LogP contribution in [0.15, 0.2) is 30.3 Å². The Morgan fingerprint density at radius 1 is 1.30 bits per heavy atom. The quantitative estimate of drug-likeness (QED) is 0.863. The summed E-state index contributed by atoms with van der Waals surface area (Å²) >= 11 is 0. The molecule has 6 heteroatoms. The van der Waals surface area contributed by atoms with E-state index in [2.05, 4.69) is 0 Å². The maximum absolute atomic E-state index is 13.9. The second-order valence-corrected chi connectivity index (χ2v) is 5.34. The molecule has 1 aromatic carbocycles. The minimum atomic E-state index is -1.62. The Hall–Kier alpha value is -2.11. The highest BCUT2D eigenvalue weighted by Crippen LogP contribution is 2.15. The normalized spacial score (nSPS) is 12.6. The second kappa shape index (κ2) is 6.36. The summed E-state index contributed by atoms with van der Waals surface area (Å²) in [6.07, 6.45) is -1.44. The highest BCUT2D eigenvalue weighted by molar-refractivity contribution is 5.79. The highest BCUT2D eigenvalue weighted by atomic mass is 19.2. The SMILES string of the molecule is CC(C)(C)OC(=O)N(F)[C@@H](Cc1ccccc1)C(=O)O. The van der Waals surface area contributed by atoms with Crippen LogP contribution in [0.4, 0.5) is 9.28 Å². The standard InChI is InChI=1S/C14H18FNO4/c1-14(2,3)20-13(19)16(15)11(12(17)18)9-10-7-5-4-6-8-10/h4-8,11H,9H2,1-3H3,(H,17,18)/t11-/m0/s1. The molecule has 0 heterocycles. The molecule has 1 rings (SSSR count). The van der Waals surface area contributed by atoms with Gasteiger partial charge in [-0.05, 0) is 26.3 Å². The van der Waals surface area contributed by atoms with Crippen molar-refractivity contribution in [3.8, 4) is 0 Å². The molecule has 0 unspecified atom stereocenters. The van der Waals surface area contributed by atoms with Gasteiger partial charge in [-0.15, -0.1) is 5.12 Å². The fraction of sp³-hybridized carbons (Fsp3) is 0.429. The summed E-state index contributed by atoms with van der Waals surface area (Å²) in [5.41, 5.74) is -0.275. The predicted molar refractivity (Wildman–Crippen MR) is 70.8 cm³/mol. The average Bonchev–Trinajstić information content (AvgIpc) is 2.34. The van der Waals surface area contributed by atoms with E-state index in [4.69, 9.17) is 9.84 Å². The molecule has 20 heavy (non-hydrogen) atoms. The smallest absolute Gasteiger partial charge is 0.439 e. The molecule has 0 aliphatic carbocycles. The summed E-state index contributed by atoms with van der Waals surface area (Å²) < 4.78 is 18.7. The van der Waals surface area contributed by atoms with Crippen LogP contribution >= 0.6 is 0 Å². The fourth-order valence-electron chi connectivity index (χ4n) is 1.53. The minimum absolute atomic E-state index is 0.133. The number of benzene rings is 1. The van der Waals surface area contributed by atoms with Crippen LogP contribution in [0, 0.1) is 0 Å². The van der Waals surface area contributed by atoms with Gasteiger partial charge in [0.1, 0.15) is 5.60 Å². The lowest BCUT2D eigenvalue weighted by Gasteiger charge is -2.25. The number of amides is 1. The fourth-order valence-corrected chi connectivity index (χ4v) is 1.53. The van der Waals surface area contributed by atoms with Crippen molar-refractivity contribution >= 4 is 12.1 Å². The monoisotopic (exact) mass is 283 g/mol. The van der Waals surface area contributed by atoms with E-state index in [1.54, 1.807) is 51.1 Å². The Morgan fingerprint density at radius 2 is 1.85 bits per heavy atom. The molecule has 0 fully saturated rings. The molecule has 1 N–H and O–H groups in total. The van der Waals surface area contributed by atoms with E-state index in [0.29, 0.717) is 5.56 Å². The molecule has 0 radical (unpaired) electrons. The maximum Gasteiger partial charge on any atom is 0.439 e. The summed E-state index contributed by atoms with van der Waals surface area (Å²) in [7, 11) is 0. The van der Waals surface area contributed by atoms with E-state index in [9.17, 15) is 14.1 Å². The van der Waals surface area contributed by atoms with Crippen molar-refractivity contribution in [2.45, 2.75) is 38.8 Å². The summed E-state index contributed by atoms with van der Waals surface area (Å²) in [4.78, 5) is 22.7. The van der Waals surface area contributed by atoms with Crippen LogP contribution in [-0.4, -0.2) is 33.9 Å². The van der Waals surface area contributed by atoms with Gasteiger partial charge in [0, 0.05) is 6.42 Å². The Balaban J connectivity index is 2.81. The molecule has 110 valence electrons. The van der Waals surface area contributed by atoms with Crippen LogP contribution in [0.5, 0.6) is 0 Å². The molecule has 0 bridgehead atoms. The van der Waals surface area contributed by atoms with Crippen LogP contribution in [-0.2, 0) is 16.0 Å². The van der Waals surface area contributed by atoms with Gasteiger partial charge < -0.3 is 9.84 Å². The molecule has 1 aromatic rings. The molecule has 0 saturated heterocycles. The minimum Gasteiger partial charge on any atom is -0.480 e. The van der Waals surface area contributed by atoms with Gasteiger partial charge in [-0.25, -0.2) is 9.59 Å². The molecular weight excluding hydrogens is 265 g/mol. The largest absolute Gasteiger partial charge is 0.480 e. The Morgan fingerprint density at radius 3 is 2.30 bits per heavy atom. The second-order valence-electron chi connectivity index (χ2n) is 5.34. The van der Waals surface area contributed by atoms with Crippen molar-refractivity contribution in [1.82, 2.24) is 5.12 Å². The Bertz CT molecular complexity index is 470. The van der Waals surface area contributed by atoms with Crippen molar-refractivity contribution < 1.29 is 23.9 Å². The molecule has 0 aliphatic rings. The molecular formula is C14H18FNO4. The number of carboxylic acid groups (broad SMARTS) is 1. The molecule has 0 saturated carbocycles. The van der Waals surface area contributed by atoms with E-state index >= 15 is 0 Å². The van der Waals surface area contributed by atoms with Crippen LogP contribution in [0.1, 0.15) is 26.3 Å². The highest BCUT2D eigenvalue weighted by Gasteiger charge is 2.33. The molecule has 0 aliphatic heterocycles. The number of aliphatic carboxylic acids is 1. The van der Waals surface area contributed by atoms with Crippen molar-refractivity contribution in [3.63, 3.8) is 0 Å². The molecule has 1 amide bonds. The van der Waals surface area contributed by atoms with Gasteiger partial charge in [0.25, 0.3) is 0 Å². The van der Waals surface area contributed by atoms with E-state index in [0.717, 1.165) is 0 Å². The van der Waals surface area contributed by atoms with Crippen molar-refractivity contribution in [3.05, 3.63) is 35.9 Å². The average molecular weight is 283 g/mol. The number of carbonyl (C=O) groups is 2. The lowest BCUT2D eigenvalue weighted by Crippen LogP contribution is -2.43.